The van der Waals surface area contributed by atoms with Crippen LogP contribution in [-0.2, 0) is 17.8 Å². The number of rotatable bonds is 1. The van der Waals surface area contributed by atoms with Gasteiger partial charge in [-0.25, -0.2) is 0 Å². The molecule has 2 heterocycles. The first kappa shape index (κ1) is 13.0. The molecule has 0 fully saturated rings. The third-order valence-electron chi connectivity index (χ3n) is 4.17. The van der Waals surface area contributed by atoms with Crippen molar-refractivity contribution in [2.24, 2.45) is 0 Å². The van der Waals surface area contributed by atoms with Crippen LogP contribution >= 0.6 is 0 Å². The molecule has 0 saturated carbocycles. The van der Waals surface area contributed by atoms with Gasteiger partial charge in [-0.3, -0.25) is 4.79 Å². The van der Waals surface area contributed by atoms with E-state index in [1.807, 2.05) is 6.20 Å². The molecule has 0 radical (unpaired) electrons. The third kappa shape index (κ3) is 1.85. The molecule has 0 bridgehead atoms. The molecule has 3 heteroatoms. The van der Waals surface area contributed by atoms with Crippen LogP contribution in [0.15, 0.2) is 24.4 Å². The standard InChI is InChI=1S/C17H20N2O/c1-4-19-16-9-11-18(13(3)20)10-8-14(16)15-7-5-6-12(2)17(15)19/h5-7,9,11H,4,8,10H2,1-3H3. The average Bonchev–Trinajstić information content (AvgIpc) is 2.58. The zero-order valence-electron chi connectivity index (χ0n) is 12.3. The number of hydrogen-bond donors (Lipinski definition) is 0. The van der Waals surface area contributed by atoms with Gasteiger partial charge in [0.2, 0.25) is 5.91 Å². The number of amides is 1. The fraction of sp³-hybridized carbons (Fsp3) is 0.353. The Hall–Kier alpha value is -2.03. The predicted octanol–water partition coefficient (Wildman–Crippen LogP) is 3.34. The second-order valence-electron chi connectivity index (χ2n) is 5.36. The van der Waals surface area contributed by atoms with Gasteiger partial charge in [-0.1, -0.05) is 18.2 Å². The fourth-order valence-electron chi connectivity index (χ4n) is 3.19. The van der Waals surface area contributed by atoms with Gasteiger partial charge in [-0.2, -0.15) is 0 Å². The molecule has 20 heavy (non-hydrogen) atoms. The molecule has 1 aliphatic heterocycles. The topological polar surface area (TPSA) is 25.2 Å². The highest BCUT2D eigenvalue weighted by Gasteiger charge is 2.19. The van der Waals surface area contributed by atoms with E-state index < -0.39 is 0 Å². The summed E-state index contributed by atoms with van der Waals surface area (Å²) < 4.78 is 2.36. The van der Waals surface area contributed by atoms with Crippen molar-refractivity contribution in [3.8, 4) is 0 Å². The smallest absolute Gasteiger partial charge is 0.223 e. The highest BCUT2D eigenvalue weighted by molar-refractivity contribution is 5.91. The van der Waals surface area contributed by atoms with Crippen LogP contribution in [0.2, 0.25) is 0 Å². The first-order valence-electron chi connectivity index (χ1n) is 7.19. The van der Waals surface area contributed by atoms with E-state index in [1.165, 1.54) is 27.7 Å². The van der Waals surface area contributed by atoms with E-state index in [2.05, 4.69) is 42.7 Å². The van der Waals surface area contributed by atoms with Crippen LogP contribution in [-0.4, -0.2) is 21.9 Å². The number of aryl methyl sites for hydroxylation is 2. The van der Waals surface area contributed by atoms with Gasteiger partial charge in [0.25, 0.3) is 0 Å². The van der Waals surface area contributed by atoms with Gasteiger partial charge in [0.1, 0.15) is 0 Å². The Morgan fingerprint density at radius 1 is 1.35 bits per heavy atom. The van der Waals surface area contributed by atoms with Crippen LogP contribution in [0.4, 0.5) is 0 Å². The molecular formula is C17H20N2O. The number of carbonyl (C=O) groups is 1. The molecule has 0 spiro atoms. The van der Waals surface area contributed by atoms with Crippen LogP contribution in [0.25, 0.3) is 17.0 Å². The summed E-state index contributed by atoms with van der Waals surface area (Å²) in [5.41, 5.74) is 5.27. The van der Waals surface area contributed by atoms with Gasteiger partial charge in [-0.15, -0.1) is 0 Å². The van der Waals surface area contributed by atoms with Crippen LogP contribution in [0.1, 0.15) is 30.7 Å². The van der Waals surface area contributed by atoms with E-state index in [1.54, 1.807) is 11.8 Å². The van der Waals surface area contributed by atoms with Gasteiger partial charge in [0, 0.05) is 37.3 Å². The van der Waals surface area contributed by atoms with Crippen molar-refractivity contribution < 1.29 is 4.79 Å². The Morgan fingerprint density at radius 3 is 2.85 bits per heavy atom. The summed E-state index contributed by atoms with van der Waals surface area (Å²) in [6.07, 6.45) is 4.93. The number of para-hydroxylation sites is 1. The SMILES string of the molecule is CCn1c2c(c3cccc(C)c31)CCN(C(C)=O)C=C2. The number of hydrogen-bond acceptors (Lipinski definition) is 1. The van der Waals surface area contributed by atoms with Crippen LogP contribution in [0, 0.1) is 6.92 Å². The molecule has 0 saturated heterocycles. The van der Waals surface area contributed by atoms with Crippen molar-refractivity contribution in [2.75, 3.05) is 6.54 Å². The van der Waals surface area contributed by atoms with Crippen LogP contribution in [0.3, 0.4) is 0 Å². The zero-order chi connectivity index (χ0) is 14.3. The molecule has 1 aromatic carbocycles. The molecule has 3 nitrogen and oxygen atoms in total. The minimum Gasteiger partial charge on any atom is -0.341 e. The lowest BCUT2D eigenvalue weighted by molar-refractivity contribution is -0.126. The molecule has 1 aliphatic rings. The van der Waals surface area contributed by atoms with Crippen molar-refractivity contribution in [3.63, 3.8) is 0 Å². The Kier molecular flexibility index (Phi) is 3.13. The number of nitrogens with zero attached hydrogens (tertiary/aromatic N) is 2. The minimum atomic E-state index is 0.106. The van der Waals surface area contributed by atoms with E-state index in [0.717, 1.165) is 19.5 Å². The summed E-state index contributed by atoms with van der Waals surface area (Å²) >= 11 is 0. The Bertz CT molecular complexity index is 709. The summed E-state index contributed by atoms with van der Waals surface area (Å²) in [6, 6.07) is 6.49. The second kappa shape index (κ2) is 4.82. The van der Waals surface area contributed by atoms with Crippen molar-refractivity contribution in [1.29, 1.82) is 0 Å². The van der Waals surface area contributed by atoms with E-state index in [9.17, 15) is 4.79 Å². The summed E-state index contributed by atoms with van der Waals surface area (Å²) in [5, 5.41) is 1.33. The maximum absolute atomic E-state index is 11.6. The van der Waals surface area contributed by atoms with Gasteiger partial charge in [-0.05, 0) is 37.5 Å². The molecule has 0 N–H and O–H groups in total. The lowest BCUT2D eigenvalue weighted by atomic mass is 10.1. The van der Waals surface area contributed by atoms with E-state index in [0.29, 0.717) is 0 Å². The second-order valence-corrected chi connectivity index (χ2v) is 5.36. The minimum absolute atomic E-state index is 0.106. The number of carbonyl (C=O) groups excluding carboxylic acids is 1. The molecule has 3 rings (SSSR count). The van der Waals surface area contributed by atoms with Gasteiger partial charge in [0.05, 0.1) is 5.52 Å². The van der Waals surface area contributed by atoms with E-state index in [-0.39, 0.29) is 5.91 Å². The quantitative estimate of drug-likeness (QED) is 0.778. The molecule has 0 atom stereocenters. The molecule has 104 valence electrons. The lowest BCUT2D eigenvalue weighted by Gasteiger charge is -2.13. The van der Waals surface area contributed by atoms with E-state index in [4.69, 9.17) is 0 Å². The summed E-state index contributed by atoms with van der Waals surface area (Å²) in [7, 11) is 0. The summed E-state index contributed by atoms with van der Waals surface area (Å²) in [6.45, 7) is 7.67. The van der Waals surface area contributed by atoms with E-state index >= 15 is 0 Å². The zero-order valence-corrected chi connectivity index (χ0v) is 12.3. The summed E-state index contributed by atoms with van der Waals surface area (Å²) in [5.74, 6) is 0.106. The van der Waals surface area contributed by atoms with Crippen LogP contribution in [0.5, 0.6) is 0 Å². The first-order chi connectivity index (χ1) is 9.63. The first-order valence-corrected chi connectivity index (χ1v) is 7.19. The van der Waals surface area contributed by atoms with Crippen molar-refractivity contribution in [1.82, 2.24) is 9.47 Å². The molecular weight excluding hydrogens is 248 g/mol. The Morgan fingerprint density at radius 2 is 2.15 bits per heavy atom. The highest BCUT2D eigenvalue weighted by Crippen LogP contribution is 2.31. The van der Waals surface area contributed by atoms with Gasteiger partial charge < -0.3 is 9.47 Å². The monoisotopic (exact) mass is 268 g/mol. The molecule has 1 aromatic heterocycles. The predicted molar refractivity (Wildman–Crippen MR) is 82.5 cm³/mol. The number of benzene rings is 1. The third-order valence-corrected chi connectivity index (χ3v) is 4.17. The maximum Gasteiger partial charge on any atom is 0.223 e. The van der Waals surface area contributed by atoms with Crippen molar-refractivity contribution in [2.45, 2.75) is 33.7 Å². The molecule has 0 aliphatic carbocycles. The van der Waals surface area contributed by atoms with Gasteiger partial charge in [0.15, 0.2) is 0 Å². The molecule has 0 unspecified atom stereocenters. The fourth-order valence-corrected chi connectivity index (χ4v) is 3.19. The maximum atomic E-state index is 11.6. The van der Waals surface area contributed by atoms with Crippen molar-refractivity contribution in [3.05, 3.63) is 41.2 Å². The van der Waals surface area contributed by atoms with Crippen molar-refractivity contribution >= 4 is 22.9 Å². The molecule has 1 amide bonds. The normalized spacial score (nSPS) is 14.4. The number of aromatic nitrogens is 1. The number of fused-ring (bicyclic) bond motifs is 3. The average molecular weight is 268 g/mol. The molecule has 2 aromatic rings. The van der Waals surface area contributed by atoms with Gasteiger partial charge >= 0.3 is 0 Å². The lowest BCUT2D eigenvalue weighted by Crippen LogP contribution is -2.24. The highest BCUT2D eigenvalue weighted by atomic mass is 16.2. The Labute approximate surface area is 119 Å². The largest absolute Gasteiger partial charge is 0.341 e. The van der Waals surface area contributed by atoms with Crippen LogP contribution < -0.4 is 0 Å². The Balaban J connectivity index is 2.24. The summed E-state index contributed by atoms with van der Waals surface area (Å²) in [4.78, 5) is 13.4.